The van der Waals surface area contributed by atoms with Gasteiger partial charge in [0.2, 0.25) is 11.8 Å². The Morgan fingerprint density at radius 1 is 0.736 bits per heavy atom. The summed E-state index contributed by atoms with van der Waals surface area (Å²) in [4.78, 5) is 58.3. The maximum Gasteiger partial charge on any atom is 0.405 e. The van der Waals surface area contributed by atoms with E-state index in [1.54, 1.807) is 4.90 Å². The van der Waals surface area contributed by atoms with E-state index < -0.39 is 12.1 Å². The minimum Gasteiger partial charge on any atom is -0.465 e. The topological polar surface area (TPSA) is 169 Å². The molecule has 5 heterocycles. The Kier molecular flexibility index (Phi) is 10.9. The number of aromatic nitrogens is 4. The van der Waals surface area contributed by atoms with Crippen LogP contribution in [-0.2, 0) is 14.3 Å². The first kappa shape index (κ1) is 36.4. The second-order valence-corrected chi connectivity index (χ2v) is 14.8. The zero-order valence-corrected chi connectivity index (χ0v) is 30.7. The lowest BCUT2D eigenvalue weighted by Gasteiger charge is -2.30. The number of likely N-dealkylation sites (tertiary alicyclic amines) is 2. The highest BCUT2D eigenvalue weighted by molar-refractivity contribution is 5.86. The van der Waals surface area contributed by atoms with E-state index in [0.717, 1.165) is 97.7 Å². The van der Waals surface area contributed by atoms with Crippen LogP contribution >= 0.6 is 0 Å². The molecule has 3 amide bonds. The predicted octanol–water partition coefficient (Wildman–Crippen LogP) is 5.91. The number of imidazole rings is 2. The molecule has 4 atom stereocenters. The maximum absolute atomic E-state index is 13.5. The number of aromatic amines is 2. The largest absolute Gasteiger partial charge is 0.465 e. The summed E-state index contributed by atoms with van der Waals surface area (Å²) in [6.07, 6.45) is 7.88. The number of nitrogens with one attached hydrogen (secondary N) is 4. The lowest BCUT2D eigenvalue weighted by Crippen LogP contribution is -2.50. The lowest BCUT2D eigenvalue weighted by molar-refractivity contribution is -0.135. The van der Waals surface area contributed by atoms with Crippen LogP contribution in [0.4, 0.5) is 4.79 Å². The van der Waals surface area contributed by atoms with Gasteiger partial charge < -0.3 is 40.2 Å². The molecule has 0 unspecified atom stereocenters. The second-order valence-electron chi connectivity index (χ2n) is 14.8. The summed E-state index contributed by atoms with van der Waals surface area (Å²) in [5.41, 5.74) is 5.73. The number of hydrogen-bond donors (Lipinski definition) is 5. The smallest absolute Gasteiger partial charge is 0.405 e. The number of hydrogen-bond acceptors (Lipinski definition) is 7. The van der Waals surface area contributed by atoms with E-state index in [-0.39, 0.29) is 35.9 Å². The molecule has 280 valence electrons. The Balaban J connectivity index is 0.981. The number of rotatable bonds is 11. The molecule has 2 aromatic heterocycles. The summed E-state index contributed by atoms with van der Waals surface area (Å²) >= 11 is 0. The van der Waals surface area contributed by atoms with E-state index in [2.05, 4.69) is 57.0 Å². The monoisotopic (exact) mass is 722 g/mol. The zero-order chi connectivity index (χ0) is 37.1. The van der Waals surface area contributed by atoms with Gasteiger partial charge in [0, 0.05) is 55.9 Å². The van der Waals surface area contributed by atoms with Crippen LogP contribution in [0.25, 0.3) is 33.6 Å². The Hall–Kier alpha value is -5.01. The standard InChI is InChI=1S/C40H50N8O5/c1-24(2)35(46-40(51)52)39(50)48-19-5-7-34(48)37-42-23-32(45-37)29-14-10-27(11-15-29)26-8-12-28(13-9-26)31-22-41-36(44-31)33-6-4-18-47(33)38(49)25(3)43-30-16-20-53-21-17-30/h8-15,22-25,30,33-35,43,46H,4-7,16-21H2,1-3H3,(H,41,44)(H,42,45)(H,51,52)/t25-,33+,34+,35+/m1/s1. The third kappa shape index (κ3) is 8.01. The van der Waals surface area contributed by atoms with E-state index in [1.165, 1.54) is 0 Å². The average molecular weight is 723 g/mol. The summed E-state index contributed by atoms with van der Waals surface area (Å²) in [6.45, 7) is 8.42. The molecule has 3 saturated heterocycles. The van der Waals surface area contributed by atoms with Gasteiger partial charge in [-0.25, -0.2) is 14.8 Å². The SMILES string of the molecule is CC(C)[C@H](NC(=O)O)C(=O)N1CCC[C@H]1c1nc(-c2ccc(-c3ccc(-c4c[nH]c([C@@H]5CCCN5C(=O)[C@@H](C)NC5CCOCC5)n4)cc3)cc2)c[nH]1. The van der Waals surface area contributed by atoms with Gasteiger partial charge in [0.25, 0.3) is 0 Å². The van der Waals surface area contributed by atoms with Crippen molar-refractivity contribution in [2.75, 3.05) is 26.3 Å². The summed E-state index contributed by atoms with van der Waals surface area (Å²) in [5.74, 6) is 1.26. The van der Waals surface area contributed by atoms with Crippen molar-refractivity contribution >= 4 is 17.9 Å². The van der Waals surface area contributed by atoms with Crippen molar-refractivity contribution in [3.05, 3.63) is 72.6 Å². The van der Waals surface area contributed by atoms with Crippen LogP contribution in [0.1, 0.15) is 83.0 Å². The minimum atomic E-state index is -1.20. The third-order valence-corrected chi connectivity index (χ3v) is 10.9. The van der Waals surface area contributed by atoms with Gasteiger partial charge in [-0.1, -0.05) is 62.4 Å². The summed E-state index contributed by atoms with van der Waals surface area (Å²) < 4.78 is 5.47. The van der Waals surface area contributed by atoms with Crippen LogP contribution in [-0.4, -0.2) is 97.2 Å². The van der Waals surface area contributed by atoms with Gasteiger partial charge in [-0.3, -0.25) is 9.59 Å². The normalized spacial score (nSPS) is 20.5. The first-order valence-corrected chi connectivity index (χ1v) is 18.9. The van der Waals surface area contributed by atoms with Crippen molar-refractivity contribution in [2.45, 2.75) is 89.5 Å². The van der Waals surface area contributed by atoms with Crippen LogP contribution in [0.3, 0.4) is 0 Å². The van der Waals surface area contributed by atoms with E-state index in [4.69, 9.17) is 14.7 Å². The molecule has 5 N–H and O–H groups in total. The van der Waals surface area contributed by atoms with Crippen molar-refractivity contribution in [3.63, 3.8) is 0 Å². The van der Waals surface area contributed by atoms with Crippen LogP contribution in [0.15, 0.2) is 60.9 Å². The first-order chi connectivity index (χ1) is 25.7. The van der Waals surface area contributed by atoms with Gasteiger partial charge in [-0.05, 0) is 62.5 Å². The van der Waals surface area contributed by atoms with Gasteiger partial charge in [-0.2, -0.15) is 0 Å². The zero-order valence-electron chi connectivity index (χ0n) is 30.7. The number of carboxylic acid groups (broad SMARTS) is 1. The Morgan fingerprint density at radius 2 is 1.21 bits per heavy atom. The molecule has 3 aliphatic rings. The lowest BCUT2D eigenvalue weighted by atomic mass is 10.0. The molecule has 13 nitrogen and oxygen atoms in total. The van der Waals surface area contributed by atoms with Crippen molar-refractivity contribution in [1.82, 2.24) is 40.4 Å². The molecule has 3 fully saturated rings. The molecule has 7 rings (SSSR count). The van der Waals surface area contributed by atoms with Gasteiger partial charge in [0.05, 0.1) is 29.5 Å². The third-order valence-electron chi connectivity index (χ3n) is 10.9. The number of carbonyl (C=O) groups excluding carboxylic acids is 2. The van der Waals surface area contributed by atoms with Gasteiger partial charge >= 0.3 is 6.09 Å². The molecular formula is C40H50N8O5. The van der Waals surface area contributed by atoms with Crippen LogP contribution in [0.5, 0.6) is 0 Å². The molecule has 0 bridgehead atoms. The maximum atomic E-state index is 13.5. The van der Waals surface area contributed by atoms with Crippen LogP contribution < -0.4 is 10.6 Å². The van der Waals surface area contributed by atoms with Crippen molar-refractivity contribution < 1.29 is 24.2 Å². The molecule has 0 radical (unpaired) electrons. The fourth-order valence-electron chi connectivity index (χ4n) is 7.97. The number of benzene rings is 2. The minimum absolute atomic E-state index is 0.0588. The van der Waals surface area contributed by atoms with Gasteiger partial charge in [0.15, 0.2) is 0 Å². The molecule has 0 spiro atoms. The van der Waals surface area contributed by atoms with Crippen LogP contribution in [0.2, 0.25) is 0 Å². The highest BCUT2D eigenvalue weighted by Crippen LogP contribution is 2.35. The first-order valence-electron chi connectivity index (χ1n) is 18.9. The Morgan fingerprint density at radius 3 is 1.68 bits per heavy atom. The number of ether oxygens (including phenoxy) is 1. The second kappa shape index (κ2) is 15.9. The Labute approximate surface area is 309 Å². The molecule has 2 aromatic carbocycles. The predicted molar refractivity (Wildman–Crippen MR) is 201 cm³/mol. The van der Waals surface area contributed by atoms with Crippen LogP contribution in [0, 0.1) is 5.92 Å². The molecule has 0 aliphatic carbocycles. The molecular weight excluding hydrogens is 672 g/mol. The highest BCUT2D eigenvalue weighted by atomic mass is 16.5. The van der Waals surface area contributed by atoms with E-state index >= 15 is 0 Å². The van der Waals surface area contributed by atoms with Gasteiger partial charge in [-0.15, -0.1) is 0 Å². The summed E-state index contributed by atoms with van der Waals surface area (Å²) in [7, 11) is 0. The molecule has 4 aromatic rings. The molecule has 53 heavy (non-hydrogen) atoms. The molecule has 3 aliphatic heterocycles. The highest BCUT2D eigenvalue weighted by Gasteiger charge is 2.38. The number of amides is 3. The summed E-state index contributed by atoms with van der Waals surface area (Å²) in [5, 5.41) is 15.2. The van der Waals surface area contributed by atoms with Crippen molar-refractivity contribution in [2.24, 2.45) is 5.92 Å². The Bertz CT molecular complexity index is 1880. The fraction of sp³-hybridized carbons (Fsp3) is 0.475. The van der Waals surface area contributed by atoms with Gasteiger partial charge in [0.1, 0.15) is 17.7 Å². The van der Waals surface area contributed by atoms with E-state index in [0.29, 0.717) is 18.4 Å². The molecule has 13 heteroatoms. The summed E-state index contributed by atoms with van der Waals surface area (Å²) in [6, 6.07) is 15.5. The quantitative estimate of drug-likeness (QED) is 0.127. The number of carbonyl (C=O) groups is 3. The number of nitrogens with zero attached hydrogens (tertiary/aromatic N) is 4. The number of H-pyrrole nitrogens is 2. The van der Waals surface area contributed by atoms with E-state index in [1.807, 2.05) is 50.2 Å². The van der Waals surface area contributed by atoms with Crippen molar-refractivity contribution in [1.29, 1.82) is 0 Å². The molecule has 0 saturated carbocycles. The fourth-order valence-corrected chi connectivity index (χ4v) is 7.97. The van der Waals surface area contributed by atoms with Crippen molar-refractivity contribution in [3.8, 4) is 33.6 Å². The average Bonchev–Trinajstić information content (AvgIpc) is 4.00. The van der Waals surface area contributed by atoms with E-state index in [9.17, 15) is 19.5 Å².